The monoisotopic (exact) mass is 386 g/mol. The van der Waals surface area contributed by atoms with E-state index < -0.39 is 0 Å². The summed E-state index contributed by atoms with van der Waals surface area (Å²) in [5.74, 6) is -0.0179. The summed E-state index contributed by atoms with van der Waals surface area (Å²) in [5, 5.41) is 2.98. The highest BCUT2D eigenvalue weighted by Crippen LogP contribution is 2.22. The molecule has 2 saturated heterocycles. The Kier molecular flexibility index (Phi) is 4.58. The normalized spacial score (nSPS) is 26.2. The number of carbonyl (C=O) groups is 1. The average Bonchev–Trinajstić information content (AvgIpc) is 2.92. The molecule has 2 heterocycles. The number of halogens is 1. The Morgan fingerprint density at radius 1 is 1.50 bits per heavy atom. The zero-order valence-electron chi connectivity index (χ0n) is 11.3. The number of morpholine rings is 1. The second-order valence-electron chi connectivity index (χ2n) is 5.47. The molecule has 108 valence electrons. The molecule has 1 aromatic carbocycles. The molecule has 0 spiro atoms. The standard InChI is InChI=1S/C15H19IN2O2/c16-12-4-1-3-11(7-12)15(19)17-8-14-9-18-6-2-5-13(18)10-20-14/h1,3-4,7,13-14H,2,5-6,8-10H2,(H,17,19)/t13-,14+/m1/s1. The predicted octanol–water partition coefficient (Wildman–Crippen LogP) is 1.88. The van der Waals surface area contributed by atoms with E-state index in [9.17, 15) is 4.79 Å². The Bertz CT molecular complexity index is 495. The molecule has 2 fully saturated rings. The van der Waals surface area contributed by atoms with Crippen molar-refractivity contribution in [3.05, 3.63) is 33.4 Å². The maximum atomic E-state index is 12.1. The largest absolute Gasteiger partial charge is 0.373 e. The van der Waals surface area contributed by atoms with Gasteiger partial charge in [0.25, 0.3) is 5.91 Å². The summed E-state index contributed by atoms with van der Waals surface area (Å²) in [5.41, 5.74) is 0.715. The van der Waals surface area contributed by atoms with Crippen molar-refractivity contribution in [1.29, 1.82) is 0 Å². The van der Waals surface area contributed by atoms with Crippen LogP contribution in [0.25, 0.3) is 0 Å². The quantitative estimate of drug-likeness (QED) is 0.807. The summed E-state index contributed by atoms with van der Waals surface area (Å²) in [6.45, 7) is 3.52. The maximum absolute atomic E-state index is 12.1. The molecule has 0 aromatic heterocycles. The van der Waals surface area contributed by atoms with Crippen molar-refractivity contribution in [1.82, 2.24) is 10.2 Å². The van der Waals surface area contributed by atoms with Crippen molar-refractivity contribution in [2.75, 3.05) is 26.2 Å². The minimum absolute atomic E-state index is 0.0179. The van der Waals surface area contributed by atoms with E-state index in [0.717, 1.165) is 16.7 Å². The third-order valence-corrected chi connectivity index (χ3v) is 4.71. The smallest absolute Gasteiger partial charge is 0.251 e. The van der Waals surface area contributed by atoms with Crippen LogP contribution in [0.3, 0.4) is 0 Å². The molecular formula is C15H19IN2O2. The zero-order chi connectivity index (χ0) is 13.9. The van der Waals surface area contributed by atoms with Crippen molar-refractivity contribution >= 4 is 28.5 Å². The Balaban J connectivity index is 1.51. The summed E-state index contributed by atoms with van der Waals surface area (Å²) < 4.78 is 6.92. The van der Waals surface area contributed by atoms with Gasteiger partial charge < -0.3 is 10.1 Å². The number of nitrogens with zero attached hydrogens (tertiary/aromatic N) is 1. The van der Waals surface area contributed by atoms with Gasteiger partial charge in [0.1, 0.15) is 0 Å². The van der Waals surface area contributed by atoms with Crippen LogP contribution in [0, 0.1) is 3.57 Å². The number of amides is 1. The molecule has 0 aliphatic carbocycles. The highest BCUT2D eigenvalue weighted by molar-refractivity contribution is 14.1. The summed E-state index contributed by atoms with van der Waals surface area (Å²) >= 11 is 2.22. The van der Waals surface area contributed by atoms with Crippen molar-refractivity contribution in [3.8, 4) is 0 Å². The van der Waals surface area contributed by atoms with Gasteiger partial charge in [0.15, 0.2) is 0 Å². The first kappa shape index (κ1) is 14.3. The van der Waals surface area contributed by atoms with Crippen LogP contribution in [-0.4, -0.2) is 49.2 Å². The van der Waals surface area contributed by atoms with E-state index in [0.29, 0.717) is 18.2 Å². The highest BCUT2D eigenvalue weighted by atomic mass is 127. The Morgan fingerprint density at radius 3 is 3.25 bits per heavy atom. The summed E-state index contributed by atoms with van der Waals surface area (Å²) in [7, 11) is 0. The molecule has 2 atom stereocenters. The molecule has 0 radical (unpaired) electrons. The summed E-state index contributed by atoms with van der Waals surface area (Å²) in [6.07, 6.45) is 2.65. The van der Waals surface area contributed by atoms with Gasteiger partial charge in [-0.15, -0.1) is 0 Å². The van der Waals surface area contributed by atoms with Crippen LogP contribution in [0.4, 0.5) is 0 Å². The molecule has 3 rings (SSSR count). The van der Waals surface area contributed by atoms with Crippen molar-refractivity contribution in [2.24, 2.45) is 0 Å². The van der Waals surface area contributed by atoms with E-state index >= 15 is 0 Å². The van der Waals surface area contributed by atoms with Crippen LogP contribution < -0.4 is 5.32 Å². The van der Waals surface area contributed by atoms with Crippen LogP contribution in [0.1, 0.15) is 23.2 Å². The molecule has 1 amide bonds. The number of fused-ring (bicyclic) bond motifs is 1. The van der Waals surface area contributed by atoms with Gasteiger partial charge in [-0.3, -0.25) is 9.69 Å². The molecule has 2 aliphatic heterocycles. The van der Waals surface area contributed by atoms with Gasteiger partial charge in [0, 0.05) is 28.3 Å². The van der Waals surface area contributed by atoms with Crippen LogP contribution in [0.5, 0.6) is 0 Å². The second kappa shape index (κ2) is 6.41. The summed E-state index contributed by atoms with van der Waals surface area (Å²) in [6, 6.07) is 8.24. The number of benzene rings is 1. The average molecular weight is 386 g/mol. The number of hydrogen-bond acceptors (Lipinski definition) is 3. The van der Waals surface area contributed by atoms with Crippen LogP contribution in [-0.2, 0) is 4.74 Å². The lowest BCUT2D eigenvalue weighted by atomic mass is 10.2. The maximum Gasteiger partial charge on any atom is 0.251 e. The third kappa shape index (κ3) is 3.32. The molecule has 0 saturated carbocycles. The van der Waals surface area contributed by atoms with Crippen LogP contribution in [0.2, 0.25) is 0 Å². The van der Waals surface area contributed by atoms with E-state index in [4.69, 9.17) is 4.74 Å². The third-order valence-electron chi connectivity index (χ3n) is 4.04. The fourth-order valence-electron chi connectivity index (χ4n) is 2.95. The van der Waals surface area contributed by atoms with E-state index in [2.05, 4.69) is 32.8 Å². The molecule has 0 unspecified atom stereocenters. The summed E-state index contributed by atoms with van der Waals surface area (Å²) in [4.78, 5) is 14.6. The van der Waals surface area contributed by atoms with Gasteiger partial charge >= 0.3 is 0 Å². The van der Waals surface area contributed by atoms with Gasteiger partial charge in [0.05, 0.1) is 12.7 Å². The number of ether oxygens (including phenoxy) is 1. The zero-order valence-corrected chi connectivity index (χ0v) is 13.5. The molecule has 0 bridgehead atoms. The van der Waals surface area contributed by atoms with Gasteiger partial charge in [-0.05, 0) is 60.2 Å². The van der Waals surface area contributed by atoms with Crippen LogP contribution >= 0.6 is 22.6 Å². The van der Waals surface area contributed by atoms with E-state index in [1.165, 1.54) is 19.4 Å². The first-order chi connectivity index (χ1) is 9.72. The fourth-order valence-corrected chi connectivity index (χ4v) is 3.49. The lowest BCUT2D eigenvalue weighted by Gasteiger charge is -2.35. The SMILES string of the molecule is O=C(NC[C@H]1CN2CCC[C@@H]2CO1)c1cccc(I)c1. The fraction of sp³-hybridized carbons (Fsp3) is 0.533. The van der Waals surface area contributed by atoms with E-state index in [1.54, 1.807) is 0 Å². The molecule has 1 aromatic rings. The van der Waals surface area contributed by atoms with E-state index in [-0.39, 0.29) is 12.0 Å². The van der Waals surface area contributed by atoms with Gasteiger partial charge in [0.2, 0.25) is 0 Å². The first-order valence-electron chi connectivity index (χ1n) is 7.12. The number of nitrogens with one attached hydrogen (secondary N) is 1. The molecular weight excluding hydrogens is 367 g/mol. The minimum atomic E-state index is -0.0179. The highest BCUT2D eigenvalue weighted by Gasteiger charge is 2.32. The van der Waals surface area contributed by atoms with Gasteiger partial charge in [-0.2, -0.15) is 0 Å². The Labute approximate surface area is 133 Å². The van der Waals surface area contributed by atoms with Gasteiger partial charge in [-0.1, -0.05) is 6.07 Å². The Morgan fingerprint density at radius 2 is 2.40 bits per heavy atom. The van der Waals surface area contributed by atoms with Crippen molar-refractivity contribution < 1.29 is 9.53 Å². The molecule has 20 heavy (non-hydrogen) atoms. The topological polar surface area (TPSA) is 41.6 Å². The van der Waals surface area contributed by atoms with Crippen molar-refractivity contribution in [3.63, 3.8) is 0 Å². The lowest BCUT2D eigenvalue weighted by Crippen LogP contribution is -2.50. The second-order valence-corrected chi connectivity index (χ2v) is 6.71. The molecule has 4 nitrogen and oxygen atoms in total. The lowest BCUT2D eigenvalue weighted by molar-refractivity contribution is -0.0461. The predicted molar refractivity (Wildman–Crippen MR) is 85.8 cm³/mol. The van der Waals surface area contributed by atoms with E-state index in [1.807, 2.05) is 24.3 Å². The van der Waals surface area contributed by atoms with Gasteiger partial charge in [-0.25, -0.2) is 0 Å². The molecule has 1 N–H and O–H groups in total. The number of carbonyl (C=O) groups excluding carboxylic acids is 1. The van der Waals surface area contributed by atoms with Crippen LogP contribution in [0.15, 0.2) is 24.3 Å². The number of rotatable bonds is 3. The minimum Gasteiger partial charge on any atom is -0.373 e. The molecule has 5 heteroatoms. The number of hydrogen-bond donors (Lipinski definition) is 1. The van der Waals surface area contributed by atoms with Crippen molar-refractivity contribution in [2.45, 2.75) is 25.0 Å². The first-order valence-corrected chi connectivity index (χ1v) is 8.19. The Hall–Kier alpha value is -0.660. The molecule has 2 aliphatic rings.